The van der Waals surface area contributed by atoms with Crippen LogP contribution in [0.25, 0.3) is 11.0 Å². The second kappa shape index (κ2) is 7.44. The van der Waals surface area contributed by atoms with Crippen LogP contribution in [0.5, 0.6) is 0 Å². The van der Waals surface area contributed by atoms with E-state index in [4.69, 9.17) is 4.42 Å². The molecular weight excluding hydrogens is 358 g/mol. The van der Waals surface area contributed by atoms with Crippen LogP contribution in [0.1, 0.15) is 11.1 Å². The Morgan fingerprint density at radius 2 is 1.75 bits per heavy atom. The highest BCUT2D eigenvalue weighted by atomic mass is 16.6. The van der Waals surface area contributed by atoms with Crippen LogP contribution in [0.15, 0.2) is 57.7 Å². The van der Waals surface area contributed by atoms with E-state index in [2.05, 4.69) is 9.80 Å². The first kappa shape index (κ1) is 18.2. The zero-order chi connectivity index (χ0) is 19.7. The maximum absolute atomic E-state index is 11.9. The van der Waals surface area contributed by atoms with Crippen molar-refractivity contribution in [1.82, 2.24) is 4.90 Å². The zero-order valence-electron chi connectivity index (χ0n) is 15.6. The Kier molecular flexibility index (Phi) is 4.83. The summed E-state index contributed by atoms with van der Waals surface area (Å²) in [4.78, 5) is 26.9. The fourth-order valence-corrected chi connectivity index (χ4v) is 3.66. The van der Waals surface area contributed by atoms with Crippen molar-refractivity contribution in [1.29, 1.82) is 0 Å². The minimum atomic E-state index is -0.385. The summed E-state index contributed by atoms with van der Waals surface area (Å²) in [5.41, 5.74) is 3.45. The van der Waals surface area contributed by atoms with Gasteiger partial charge in [-0.2, -0.15) is 0 Å². The Hall–Kier alpha value is -3.19. The van der Waals surface area contributed by atoms with E-state index in [1.807, 2.05) is 25.1 Å². The average molecular weight is 379 g/mol. The maximum Gasteiger partial charge on any atom is 0.336 e. The highest BCUT2D eigenvalue weighted by Gasteiger charge is 2.19. The van der Waals surface area contributed by atoms with Crippen LogP contribution in [0.2, 0.25) is 0 Å². The summed E-state index contributed by atoms with van der Waals surface area (Å²) in [5, 5.41) is 11.8. The lowest BCUT2D eigenvalue weighted by Crippen LogP contribution is -2.46. The lowest BCUT2D eigenvalue weighted by molar-refractivity contribution is -0.384. The summed E-state index contributed by atoms with van der Waals surface area (Å²) in [6, 6.07) is 14.2. The third-order valence-corrected chi connectivity index (χ3v) is 5.18. The molecule has 0 spiro atoms. The maximum atomic E-state index is 11.9. The predicted molar refractivity (Wildman–Crippen MR) is 108 cm³/mol. The summed E-state index contributed by atoms with van der Waals surface area (Å²) in [7, 11) is 0. The third kappa shape index (κ3) is 3.75. The summed E-state index contributed by atoms with van der Waals surface area (Å²) < 4.78 is 5.34. The van der Waals surface area contributed by atoms with Crippen LogP contribution >= 0.6 is 0 Å². The molecule has 28 heavy (non-hydrogen) atoms. The van der Waals surface area contributed by atoms with Gasteiger partial charge < -0.3 is 9.32 Å². The minimum Gasteiger partial charge on any atom is -0.423 e. The van der Waals surface area contributed by atoms with Gasteiger partial charge in [-0.25, -0.2) is 4.79 Å². The van der Waals surface area contributed by atoms with Crippen molar-refractivity contribution in [2.24, 2.45) is 0 Å². The van der Waals surface area contributed by atoms with Gasteiger partial charge in [0.15, 0.2) is 0 Å². The minimum absolute atomic E-state index is 0.104. The zero-order valence-corrected chi connectivity index (χ0v) is 15.6. The van der Waals surface area contributed by atoms with Crippen LogP contribution in [-0.4, -0.2) is 36.0 Å². The molecule has 0 atom stereocenters. The second-order valence-corrected chi connectivity index (χ2v) is 7.13. The fraction of sp³-hybridized carbons (Fsp3) is 0.286. The molecule has 0 N–H and O–H groups in total. The van der Waals surface area contributed by atoms with Crippen LogP contribution in [0.3, 0.4) is 0 Å². The lowest BCUT2D eigenvalue weighted by atomic mass is 10.1. The number of nitrogens with zero attached hydrogens (tertiary/aromatic N) is 3. The van der Waals surface area contributed by atoms with Crippen LogP contribution in [0, 0.1) is 17.0 Å². The van der Waals surface area contributed by atoms with Gasteiger partial charge in [-0.1, -0.05) is 12.1 Å². The van der Waals surface area contributed by atoms with Gasteiger partial charge in [-0.3, -0.25) is 15.0 Å². The molecule has 0 aliphatic carbocycles. The Balaban J connectivity index is 1.45. The molecule has 1 aliphatic heterocycles. The number of rotatable bonds is 4. The van der Waals surface area contributed by atoms with E-state index in [0.29, 0.717) is 12.1 Å². The highest BCUT2D eigenvalue weighted by Crippen LogP contribution is 2.23. The molecule has 0 saturated carbocycles. The molecular formula is C21H21N3O4. The molecule has 0 amide bonds. The molecule has 1 aliphatic rings. The molecule has 2 heterocycles. The Morgan fingerprint density at radius 3 is 2.43 bits per heavy atom. The number of hydrogen-bond acceptors (Lipinski definition) is 6. The van der Waals surface area contributed by atoms with Crippen molar-refractivity contribution in [3.05, 3.63) is 80.2 Å². The van der Waals surface area contributed by atoms with Gasteiger partial charge >= 0.3 is 5.63 Å². The van der Waals surface area contributed by atoms with Gasteiger partial charge in [0, 0.05) is 62.0 Å². The summed E-state index contributed by atoms with van der Waals surface area (Å²) in [6.07, 6.45) is 0. The van der Waals surface area contributed by atoms with Crippen molar-refractivity contribution in [2.75, 3.05) is 31.1 Å². The second-order valence-electron chi connectivity index (χ2n) is 7.13. The molecule has 0 unspecified atom stereocenters. The van der Waals surface area contributed by atoms with E-state index < -0.39 is 0 Å². The monoisotopic (exact) mass is 379 g/mol. The number of piperazine rings is 1. The number of nitro benzene ring substituents is 1. The number of non-ortho nitro benzene ring substituents is 1. The SMILES string of the molecule is Cc1ccc2c(CN3CCN(c4ccc([N+](=O)[O-])cc4)CC3)cc(=O)oc2c1. The number of benzene rings is 2. The molecule has 1 fully saturated rings. The van der Waals surface area contributed by atoms with Crippen molar-refractivity contribution in [3.63, 3.8) is 0 Å². The lowest BCUT2D eigenvalue weighted by Gasteiger charge is -2.36. The Labute approximate surface area is 161 Å². The van der Waals surface area contributed by atoms with Gasteiger partial charge in [0.1, 0.15) is 5.58 Å². The summed E-state index contributed by atoms with van der Waals surface area (Å²) in [6.45, 7) is 6.03. The standard InChI is InChI=1S/C21H21N3O4/c1-15-2-7-19-16(13-21(25)28-20(19)12-15)14-22-8-10-23(11-9-22)17-3-5-18(6-4-17)24(26)27/h2-7,12-13H,8-11,14H2,1H3. The fourth-order valence-electron chi connectivity index (χ4n) is 3.66. The van der Waals surface area contributed by atoms with Gasteiger partial charge in [0.05, 0.1) is 4.92 Å². The van der Waals surface area contributed by atoms with E-state index in [0.717, 1.165) is 48.4 Å². The number of aryl methyl sites for hydroxylation is 1. The van der Waals surface area contributed by atoms with Gasteiger partial charge in [-0.05, 0) is 36.2 Å². The van der Waals surface area contributed by atoms with E-state index >= 15 is 0 Å². The van der Waals surface area contributed by atoms with Crippen molar-refractivity contribution in [3.8, 4) is 0 Å². The average Bonchev–Trinajstić information content (AvgIpc) is 2.68. The first-order chi connectivity index (χ1) is 13.5. The molecule has 3 aromatic rings. The van der Waals surface area contributed by atoms with E-state index in [9.17, 15) is 14.9 Å². The number of hydrogen-bond donors (Lipinski definition) is 0. The highest BCUT2D eigenvalue weighted by molar-refractivity contribution is 5.80. The molecule has 7 heteroatoms. The topological polar surface area (TPSA) is 79.8 Å². The molecule has 1 saturated heterocycles. The van der Waals surface area contributed by atoms with Crippen molar-refractivity contribution in [2.45, 2.75) is 13.5 Å². The van der Waals surface area contributed by atoms with Crippen LogP contribution in [-0.2, 0) is 6.54 Å². The first-order valence-corrected chi connectivity index (χ1v) is 9.25. The van der Waals surface area contributed by atoms with Gasteiger partial charge in [0.25, 0.3) is 5.69 Å². The molecule has 7 nitrogen and oxygen atoms in total. The molecule has 0 bridgehead atoms. The molecule has 144 valence electrons. The first-order valence-electron chi connectivity index (χ1n) is 9.25. The third-order valence-electron chi connectivity index (χ3n) is 5.18. The Morgan fingerprint density at radius 1 is 1.04 bits per heavy atom. The van der Waals surface area contributed by atoms with E-state index in [-0.39, 0.29) is 16.2 Å². The van der Waals surface area contributed by atoms with E-state index in [1.165, 1.54) is 0 Å². The normalized spacial score (nSPS) is 15.1. The van der Waals surface area contributed by atoms with Crippen LogP contribution in [0.4, 0.5) is 11.4 Å². The van der Waals surface area contributed by atoms with Gasteiger partial charge in [-0.15, -0.1) is 0 Å². The predicted octanol–water partition coefficient (Wildman–Crippen LogP) is 3.33. The van der Waals surface area contributed by atoms with E-state index in [1.54, 1.807) is 30.3 Å². The largest absolute Gasteiger partial charge is 0.423 e. The molecule has 2 aromatic carbocycles. The van der Waals surface area contributed by atoms with Crippen molar-refractivity contribution < 1.29 is 9.34 Å². The smallest absolute Gasteiger partial charge is 0.336 e. The molecule has 0 radical (unpaired) electrons. The quantitative estimate of drug-likeness (QED) is 0.393. The van der Waals surface area contributed by atoms with Crippen molar-refractivity contribution >= 4 is 22.3 Å². The molecule has 4 rings (SSSR count). The Bertz CT molecular complexity index is 1070. The molecule has 1 aromatic heterocycles. The number of fused-ring (bicyclic) bond motifs is 1. The number of anilines is 1. The number of nitro groups is 1. The summed E-state index contributed by atoms with van der Waals surface area (Å²) in [5.74, 6) is 0. The van der Waals surface area contributed by atoms with Crippen LogP contribution < -0.4 is 10.5 Å². The van der Waals surface area contributed by atoms with Gasteiger partial charge in [0.2, 0.25) is 0 Å². The summed E-state index contributed by atoms with van der Waals surface area (Å²) >= 11 is 0.